The van der Waals surface area contributed by atoms with Crippen LogP contribution in [-0.4, -0.2) is 16.0 Å². The number of carbonyl (C=O) groups is 1. The van der Waals surface area contributed by atoms with Crippen molar-refractivity contribution in [2.24, 2.45) is 11.8 Å². The van der Waals surface area contributed by atoms with E-state index < -0.39 is 0 Å². The van der Waals surface area contributed by atoms with E-state index in [1.54, 1.807) is 23.2 Å². The summed E-state index contributed by atoms with van der Waals surface area (Å²) in [5.74, 6) is 1.05. The highest BCUT2D eigenvalue weighted by Gasteiger charge is 2.31. The molecule has 1 heterocycles. The molecule has 1 aliphatic carbocycles. The first kappa shape index (κ1) is 19.4. The standard InChI is InChI=1S/C23H30N2O2/c1-2-3-8-18-12-14-19(15-13-18)23(27)25(17-20-9-6-7-16-24-20)21-10-4-5-11-22(21)26/h4-7,9-11,16,18-19,26H,2-3,8,12-15,17H2,1H3. The fraction of sp³-hybridized carbons (Fsp3) is 0.478. The Labute approximate surface area is 162 Å². The summed E-state index contributed by atoms with van der Waals surface area (Å²) in [5, 5.41) is 10.3. The molecule has 1 amide bonds. The summed E-state index contributed by atoms with van der Waals surface area (Å²) < 4.78 is 0. The van der Waals surface area contributed by atoms with Crippen molar-refractivity contribution in [1.82, 2.24) is 4.98 Å². The molecule has 1 aromatic carbocycles. The van der Waals surface area contributed by atoms with E-state index in [4.69, 9.17) is 0 Å². The summed E-state index contributed by atoms with van der Waals surface area (Å²) in [7, 11) is 0. The Kier molecular flexibility index (Phi) is 6.86. The van der Waals surface area contributed by atoms with Crippen molar-refractivity contribution in [1.29, 1.82) is 0 Å². The van der Waals surface area contributed by atoms with Crippen molar-refractivity contribution < 1.29 is 9.90 Å². The monoisotopic (exact) mass is 366 g/mol. The maximum Gasteiger partial charge on any atom is 0.230 e. The van der Waals surface area contributed by atoms with Crippen LogP contribution in [0.3, 0.4) is 0 Å². The Bertz CT molecular complexity index is 724. The van der Waals surface area contributed by atoms with Gasteiger partial charge in [-0.05, 0) is 55.9 Å². The summed E-state index contributed by atoms with van der Waals surface area (Å²) in [6, 6.07) is 12.8. The predicted molar refractivity (Wildman–Crippen MR) is 109 cm³/mol. The molecule has 144 valence electrons. The van der Waals surface area contributed by atoms with Crippen molar-refractivity contribution in [3.8, 4) is 5.75 Å². The van der Waals surface area contributed by atoms with E-state index in [-0.39, 0.29) is 17.6 Å². The van der Waals surface area contributed by atoms with Crippen LogP contribution in [0, 0.1) is 11.8 Å². The van der Waals surface area contributed by atoms with Crippen LogP contribution in [0.25, 0.3) is 0 Å². The van der Waals surface area contributed by atoms with Gasteiger partial charge in [0.1, 0.15) is 5.75 Å². The zero-order valence-corrected chi connectivity index (χ0v) is 16.2. The molecule has 4 nitrogen and oxygen atoms in total. The van der Waals surface area contributed by atoms with Crippen LogP contribution >= 0.6 is 0 Å². The van der Waals surface area contributed by atoms with Crippen LogP contribution in [0.2, 0.25) is 0 Å². The second-order valence-electron chi connectivity index (χ2n) is 7.59. The molecule has 0 spiro atoms. The number of amides is 1. The Morgan fingerprint density at radius 1 is 1.11 bits per heavy atom. The lowest BCUT2D eigenvalue weighted by Crippen LogP contribution is -2.37. The molecule has 2 aromatic rings. The van der Waals surface area contributed by atoms with Crippen LogP contribution in [0.1, 0.15) is 57.6 Å². The van der Waals surface area contributed by atoms with Crippen LogP contribution in [0.4, 0.5) is 5.69 Å². The predicted octanol–water partition coefficient (Wildman–Crippen LogP) is 5.32. The van der Waals surface area contributed by atoms with Gasteiger partial charge in [-0.3, -0.25) is 9.78 Å². The minimum absolute atomic E-state index is 0.0335. The Balaban J connectivity index is 1.75. The zero-order valence-electron chi connectivity index (χ0n) is 16.2. The molecule has 27 heavy (non-hydrogen) atoms. The molecule has 1 fully saturated rings. The molecule has 3 rings (SSSR count). The molecule has 0 atom stereocenters. The lowest BCUT2D eigenvalue weighted by Gasteiger charge is -2.32. The average molecular weight is 367 g/mol. The summed E-state index contributed by atoms with van der Waals surface area (Å²) in [4.78, 5) is 19.5. The summed E-state index contributed by atoms with van der Waals surface area (Å²) >= 11 is 0. The molecule has 1 aliphatic rings. The van der Waals surface area contributed by atoms with Gasteiger partial charge in [0, 0.05) is 12.1 Å². The van der Waals surface area contributed by atoms with E-state index in [2.05, 4.69) is 11.9 Å². The van der Waals surface area contributed by atoms with E-state index in [9.17, 15) is 9.90 Å². The number of aromatic nitrogens is 1. The van der Waals surface area contributed by atoms with E-state index in [1.807, 2.05) is 30.3 Å². The zero-order chi connectivity index (χ0) is 19.1. The number of carbonyl (C=O) groups excluding carboxylic acids is 1. The molecule has 1 saturated carbocycles. The normalized spacial score (nSPS) is 19.6. The van der Waals surface area contributed by atoms with Gasteiger partial charge in [-0.2, -0.15) is 0 Å². The highest BCUT2D eigenvalue weighted by atomic mass is 16.3. The van der Waals surface area contributed by atoms with Gasteiger partial charge in [0.2, 0.25) is 5.91 Å². The third kappa shape index (κ3) is 5.09. The third-order valence-electron chi connectivity index (χ3n) is 5.65. The van der Waals surface area contributed by atoms with Gasteiger partial charge in [-0.25, -0.2) is 0 Å². The first-order chi connectivity index (χ1) is 13.2. The van der Waals surface area contributed by atoms with Gasteiger partial charge in [-0.1, -0.05) is 44.4 Å². The second kappa shape index (κ2) is 9.54. The lowest BCUT2D eigenvalue weighted by atomic mass is 9.79. The molecule has 0 unspecified atom stereocenters. The molecule has 1 aromatic heterocycles. The van der Waals surface area contributed by atoms with Crippen molar-refractivity contribution in [3.05, 3.63) is 54.4 Å². The molecular formula is C23H30N2O2. The molecule has 0 saturated heterocycles. The summed E-state index contributed by atoms with van der Waals surface area (Å²) in [6.45, 7) is 2.62. The van der Waals surface area contributed by atoms with E-state index in [0.717, 1.165) is 37.3 Å². The van der Waals surface area contributed by atoms with Crippen molar-refractivity contribution in [2.75, 3.05) is 4.90 Å². The molecule has 4 heteroatoms. The first-order valence-electron chi connectivity index (χ1n) is 10.2. The van der Waals surface area contributed by atoms with Gasteiger partial charge in [0.15, 0.2) is 0 Å². The topological polar surface area (TPSA) is 53.4 Å². The van der Waals surface area contributed by atoms with Crippen LogP contribution < -0.4 is 4.90 Å². The second-order valence-corrected chi connectivity index (χ2v) is 7.59. The first-order valence-corrected chi connectivity index (χ1v) is 10.2. The maximum absolute atomic E-state index is 13.4. The van der Waals surface area contributed by atoms with Crippen molar-refractivity contribution in [2.45, 2.75) is 58.4 Å². The smallest absolute Gasteiger partial charge is 0.230 e. The third-order valence-corrected chi connectivity index (χ3v) is 5.65. The molecule has 1 N–H and O–H groups in total. The van der Waals surface area contributed by atoms with Crippen LogP contribution in [0.5, 0.6) is 5.75 Å². The van der Waals surface area contributed by atoms with Gasteiger partial charge in [0.05, 0.1) is 17.9 Å². The number of phenols is 1. The van der Waals surface area contributed by atoms with Crippen LogP contribution in [-0.2, 0) is 11.3 Å². The SMILES string of the molecule is CCCCC1CCC(C(=O)N(Cc2ccccn2)c2ccccc2O)CC1. The number of aromatic hydroxyl groups is 1. The number of phenolic OH excluding ortho intramolecular Hbond substituents is 1. The molecular weight excluding hydrogens is 336 g/mol. The highest BCUT2D eigenvalue weighted by Crippen LogP contribution is 2.36. The van der Waals surface area contributed by atoms with Crippen molar-refractivity contribution in [3.63, 3.8) is 0 Å². The average Bonchev–Trinajstić information content (AvgIpc) is 2.72. The number of unbranched alkanes of at least 4 members (excludes halogenated alkanes) is 1. The van der Waals surface area contributed by atoms with Crippen molar-refractivity contribution >= 4 is 11.6 Å². The number of para-hydroxylation sites is 2. The largest absolute Gasteiger partial charge is 0.506 e. The number of pyridine rings is 1. The number of benzene rings is 1. The highest BCUT2D eigenvalue weighted by molar-refractivity contribution is 5.96. The van der Waals surface area contributed by atoms with Gasteiger partial charge >= 0.3 is 0 Å². The summed E-state index contributed by atoms with van der Waals surface area (Å²) in [6.07, 6.45) is 9.70. The van der Waals surface area contributed by atoms with E-state index in [1.165, 1.54) is 19.3 Å². The minimum atomic E-state index is 0.0335. The number of anilines is 1. The molecule has 0 bridgehead atoms. The van der Waals surface area contributed by atoms with Gasteiger partial charge in [0.25, 0.3) is 0 Å². The number of hydrogen-bond donors (Lipinski definition) is 1. The fourth-order valence-corrected chi connectivity index (χ4v) is 4.04. The Morgan fingerprint density at radius 3 is 2.52 bits per heavy atom. The number of rotatable bonds is 7. The van der Waals surface area contributed by atoms with Gasteiger partial charge in [-0.15, -0.1) is 0 Å². The van der Waals surface area contributed by atoms with E-state index in [0.29, 0.717) is 12.2 Å². The van der Waals surface area contributed by atoms with Crippen LogP contribution in [0.15, 0.2) is 48.7 Å². The summed E-state index contributed by atoms with van der Waals surface area (Å²) in [5.41, 5.74) is 1.40. The molecule has 0 aliphatic heterocycles. The number of hydrogen-bond acceptors (Lipinski definition) is 3. The number of nitrogens with zero attached hydrogens (tertiary/aromatic N) is 2. The van der Waals surface area contributed by atoms with E-state index >= 15 is 0 Å². The lowest BCUT2D eigenvalue weighted by molar-refractivity contribution is -0.123. The fourth-order valence-electron chi connectivity index (χ4n) is 4.04. The molecule has 0 radical (unpaired) electrons. The quantitative estimate of drug-likeness (QED) is 0.722. The Morgan fingerprint density at radius 2 is 1.85 bits per heavy atom. The maximum atomic E-state index is 13.4. The Hall–Kier alpha value is -2.36. The van der Waals surface area contributed by atoms with Gasteiger partial charge < -0.3 is 10.0 Å². The minimum Gasteiger partial charge on any atom is -0.506 e.